The molecule has 1 aromatic carbocycles. The molecule has 26 heavy (non-hydrogen) atoms. The summed E-state index contributed by atoms with van der Waals surface area (Å²) < 4.78 is 4.80. The van der Waals surface area contributed by atoms with Gasteiger partial charge in [0, 0.05) is 17.5 Å². The fourth-order valence-electron chi connectivity index (χ4n) is 3.79. The van der Waals surface area contributed by atoms with Crippen LogP contribution in [0.15, 0.2) is 35.7 Å². The van der Waals surface area contributed by atoms with Gasteiger partial charge in [0.2, 0.25) is 5.91 Å². The number of nitrogens with zero attached hydrogens (tertiary/aromatic N) is 1. The Bertz CT molecular complexity index is 828. The Morgan fingerprint density at radius 2 is 2.08 bits per heavy atom. The highest BCUT2D eigenvalue weighted by Crippen LogP contribution is 2.48. The number of rotatable bonds is 5. The molecule has 2 aliphatic rings. The van der Waals surface area contributed by atoms with Crippen LogP contribution < -0.4 is 5.32 Å². The minimum absolute atomic E-state index is 0.0920. The number of carbonyl (C=O) groups excluding carboxylic acids is 2. The standard InChI is InChI=1S/C20H22N2O3S/c1-25-20(24)14-4-2-3-5-16(14)21-18(23)12-22-10-8-17-15(9-11-26-17)19(22)13-6-7-13/h2-5,9,11,13,19H,6-8,10,12H2,1H3,(H,21,23)/t19-/m0/s1. The molecule has 1 fully saturated rings. The van der Waals surface area contributed by atoms with E-state index < -0.39 is 5.97 Å². The van der Waals surface area contributed by atoms with E-state index >= 15 is 0 Å². The Morgan fingerprint density at radius 3 is 2.85 bits per heavy atom. The van der Waals surface area contributed by atoms with Gasteiger partial charge in [-0.05, 0) is 54.3 Å². The normalized spacial score (nSPS) is 19.7. The van der Waals surface area contributed by atoms with Gasteiger partial charge in [0.1, 0.15) is 0 Å². The summed E-state index contributed by atoms with van der Waals surface area (Å²) in [5.74, 6) is 0.127. The number of esters is 1. The zero-order valence-corrected chi connectivity index (χ0v) is 15.6. The molecule has 1 N–H and O–H groups in total. The number of methoxy groups -OCH3 is 1. The molecule has 1 saturated carbocycles. The summed E-state index contributed by atoms with van der Waals surface area (Å²) in [5.41, 5.74) is 2.29. The van der Waals surface area contributed by atoms with Crippen LogP contribution >= 0.6 is 11.3 Å². The number of amides is 1. The number of carbonyl (C=O) groups is 2. The molecule has 0 spiro atoms. The first kappa shape index (κ1) is 17.2. The topological polar surface area (TPSA) is 58.6 Å². The van der Waals surface area contributed by atoms with E-state index in [1.54, 1.807) is 24.3 Å². The highest BCUT2D eigenvalue weighted by molar-refractivity contribution is 7.10. The largest absolute Gasteiger partial charge is 0.465 e. The summed E-state index contributed by atoms with van der Waals surface area (Å²) in [4.78, 5) is 28.3. The molecule has 0 saturated heterocycles. The van der Waals surface area contributed by atoms with Crippen LogP contribution in [0, 0.1) is 5.92 Å². The van der Waals surface area contributed by atoms with Crippen LogP contribution in [0.5, 0.6) is 0 Å². The van der Waals surface area contributed by atoms with Crippen molar-refractivity contribution < 1.29 is 14.3 Å². The van der Waals surface area contributed by atoms with E-state index in [0.717, 1.165) is 13.0 Å². The fraction of sp³-hybridized carbons (Fsp3) is 0.400. The molecule has 0 unspecified atom stereocenters. The number of hydrogen-bond acceptors (Lipinski definition) is 5. The third kappa shape index (κ3) is 3.39. The van der Waals surface area contributed by atoms with Crippen molar-refractivity contribution in [2.24, 2.45) is 5.92 Å². The van der Waals surface area contributed by atoms with Crippen LogP contribution in [0.25, 0.3) is 0 Å². The van der Waals surface area contributed by atoms with Gasteiger partial charge in [0.15, 0.2) is 0 Å². The number of nitrogens with one attached hydrogen (secondary N) is 1. The highest BCUT2D eigenvalue weighted by Gasteiger charge is 2.40. The molecular formula is C20H22N2O3S. The maximum atomic E-state index is 12.7. The number of para-hydroxylation sites is 1. The smallest absolute Gasteiger partial charge is 0.339 e. The van der Waals surface area contributed by atoms with E-state index in [1.165, 1.54) is 30.4 Å². The maximum absolute atomic E-state index is 12.7. The Balaban J connectivity index is 1.48. The summed E-state index contributed by atoms with van der Waals surface area (Å²) in [6.45, 7) is 1.24. The van der Waals surface area contributed by atoms with Crippen LogP contribution in [0.2, 0.25) is 0 Å². The molecule has 136 valence electrons. The number of benzene rings is 1. The quantitative estimate of drug-likeness (QED) is 0.819. The molecule has 4 rings (SSSR count). The average Bonchev–Trinajstić information content (AvgIpc) is 3.37. The second-order valence-electron chi connectivity index (χ2n) is 6.89. The van der Waals surface area contributed by atoms with Crippen molar-refractivity contribution in [3.05, 3.63) is 51.7 Å². The second kappa shape index (κ2) is 7.21. The highest BCUT2D eigenvalue weighted by atomic mass is 32.1. The van der Waals surface area contributed by atoms with Gasteiger partial charge in [-0.3, -0.25) is 9.69 Å². The van der Waals surface area contributed by atoms with E-state index in [4.69, 9.17) is 4.74 Å². The molecule has 2 aromatic rings. The van der Waals surface area contributed by atoms with Crippen LogP contribution in [0.1, 0.15) is 39.7 Å². The predicted octanol–water partition coefficient (Wildman–Crippen LogP) is 3.48. The van der Waals surface area contributed by atoms with E-state index in [2.05, 4.69) is 21.7 Å². The molecule has 1 amide bonds. The minimum Gasteiger partial charge on any atom is -0.465 e. The van der Waals surface area contributed by atoms with E-state index in [1.807, 2.05) is 11.3 Å². The zero-order valence-electron chi connectivity index (χ0n) is 14.7. The first-order valence-corrected chi connectivity index (χ1v) is 9.83. The summed E-state index contributed by atoms with van der Waals surface area (Å²) in [6, 6.07) is 9.52. The molecule has 1 atom stereocenters. The molecular weight excluding hydrogens is 348 g/mol. The van der Waals surface area contributed by atoms with Gasteiger partial charge in [-0.2, -0.15) is 0 Å². The van der Waals surface area contributed by atoms with Crippen LogP contribution in [-0.4, -0.2) is 37.0 Å². The van der Waals surface area contributed by atoms with Gasteiger partial charge in [0.05, 0.1) is 24.9 Å². The monoisotopic (exact) mass is 370 g/mol. The van der Waals surface area contributed by atoms with Gasteiger partial charge in [-0.25, -0.2) is 4.79 Å². The molecule has 6 heteroatoms. The number of ether oxygens (including phenoxy) is 1. The third-order valence-electron chi connectivity index (χ3n) is 5.14. The van der Waals surface area contributed by atoms with Gasteiger partial charge < -0.3 is 10.1 Å². The Kier molecular flexibility index (Phi) is 4.78. The van der Waals surface area contributed by atoms with Crippen molar-refractivity contribution in [3.8, 4) is 0 Å². The Labute approximate surface area is 157 Å². The lowest BCUT2D eigenvalue weighted by Crippen LogP contribution is -2.41. The van der Waals surface area contributed by atoms with Crippen molar-refractivity contribution in [2.45, 2.75) is 25.3 Å². The molecule has 0 radical (unpaired) electrons. The summed E-state index contributed by atoms with van der Waals surface area (Å²) >= 11 is 1.83. The predicted molar refractivity (Wildman–Crippen MR) is 101 cm³/mol. The minimum atomic E-state index is -0.447. The molecule has 5 nitrogen and oxygen atoms in total. The molecule has 1 aromatic heterocycles. The van der Waals surface area contributed by atoms with Crippen molar-refractivity contribution >= 4 is 28.9 Å². The first-order chi connectivity index (χ1) is 12.7. The van der Waals surface area contributed by atoms with Gasteiger partial charge in [-0.1, -0.05) is 12.1 Å². The van der Waals surface area contributed by atoms with E-state index in [-0.39, 0.29) is 5.91 Å². The van der Waals surface area contributed by atoms with Crippen LogP contribution in [0.3, 0.4) is 0 Å². The van der Waals surface area contributed by atoms with Crippen molar-refractivity contribution in [2.75, 3.05) is 25.5 Å². The van der Waals surface area contributed by atoms with Gasteiger partial charge >= 0.3 is 5.97 Å². The summed E-state index contributed by atoms with van der Waals surface area (Å²) in [5, 5.41) is 5.05. The third-order valence-corrected chi connectivity index (χ3v) is 6.14. The number of fused-ring (bicyclic) bond motifs is 1. The number of hydrogen-bond donors (Lipinski definition) is 1. The molecule has 1 aliphatic carbocycles. The summed E-state index contributed by atoms with van der Waals surface area (Å²) in [7, 11) is 1.34. The molecule has 2 heterocycles. The maximum Gasteiger partial charge on any atom is 0.339 e. The van der Waals surface area contributed by atoms with Gasteiger partial charge in [-0.15, -0.1) is 11.3 Å². The number of thiophene rings is 1. The lowest BCUT2D eigenvalue weighted by molar-refractivity contribution is -0.118. The van der Waals surface area contributed by atoms with Crippen LogP contribution in [-0.2, 0) is 16.0 Å². The Hall–Kier alpha value is -2.18. The van der Waals surface area contributed by atoms with E-state index in [0.29, 0.717) is 29.8 Å². The number of anilines is 1. The van der Waals surface area contributed by atoms with E-state index in [9.17, 15) is 9.59 Å². The SMILES string of the molecule is COC(=O)c1ccccc1NC(=O)CN1CCc2sccc2[C@@H]1C1CC1. The zero-order chi connectivity index (χ0) is 18.1. The lowest BCUT2D eigenvalue weighted by atomic mass is 9.96. The van der Waals surface area contributed by atoms with Crippen molar-refractivity contribution in [1.29, 1.82) is 0 Å². The second-order valence-corrected chi connectivity index (χ2v) is 7.89. The van der Waals surface area contributed by atoms with Crippen molar-refractivity contribution in [3.63, 3.8) is 0 Å². The average molecular weight is 370 g/mol. The van der Waals surface area contributed by atoms with Crippen molar-refractivity contribution in [1.82, 2.24) is 4.90 Å². The molecule has 0 bridgehead atoms. The lowest BCUT2D eigenvalue weighted by Gasteiger charge is -2.35. The van der Waals surface area contributed by atoms with Crippen LogP contribution in [0.4, 0.5) is 5.69 Å². The van der Waals surface area contributed by atoms with Gasteiger partial charge in [0.25, 0.3) is 0 Å². The fourth-order valence-corrected chi connectivity index (χ4v) is 4.71. The Morgan fingerprint density at radius 1 is 1.27 bits per heavy atom. The summed E-state index contributed by atoms with van der Waals surface area (Å²) in [6.07, 6.45) is 3.48. The molecule has 1 aliphatic heterocycles. The first-order valence-electron chi connectivity index (χ1n) is 8.95.